The molecule has 2 rings (SSSR count). The Labute approximate surface area is 132 Å². The third kappa shape index (κ3) is 3.97. The Morgan fingerprint density at radius 3 is 2.67 bits per heavy atom. The summed E-state index contributed by atoms with van der Waals surface area (Å²) in [4.78, 5) is 13.2. The summed E-state index contributed by atoms with van der Waals surface area (Å²) in [7, 11) is 3.14. The van der Waals surface area contributed by atoms with Crippen LogP contribution >= 0.6 is 22.9 Å². The molecule has 4 nitrogen and oxygen atoms in total. The van der Waals surface area contributed by atoms with Gasteiger partial charge in [-0.2, -0.15) is 0 Å². The Morgan fingerprint density at radius 2 is 2.05 bits per heavy atom. The molecule has 0 saturated heterocycles. The SMILES string of the molecule is COc1ccccc1C(=O)NC[C@@H](OC)c1ccc(Cl)s1. The molecule has 112 valence electrons. The average molecular weight is 326 g/mol. The number of amides is 1. The highest BCUT2D eigenvalue weighted by Crippen LogP contribution is 2.28. The minimum atomic E-state index is -0.221. The molecule has 1 N–H and O–H groups in total. The number of methoxy groups -OCH3 is 2. The van der Waals surface area contributed by atoms with Crippen LogP contribution in [0.2, 0.25) is 4.34 Å². The van der Waals surface area contributed by atoms with Gasteiger partial charge in [-0.15, -0.1) is 11.3 Å². The van der Waals surface area contributed by atoms with Gasteiger partial charge in [0.1, 0.15) is 11.9 Å². The van der Waals surface area contributed by atoms with Crippen molar-refractivity contribution in [2.24, 2.45) is 0 Å². The lowest BCUT2D eigenvalue weighted by atomic mass is 10.2. The molecule has 1 aromatic carbocycles. The zero-order valence-electron chi connectivity index (χ0n) is 11.8. The molecule has 1 heterocycles. The fraction of sp³-hybridized carbons (Fsp3) is 0.267. The molecular weight excluding hydrogens is 310 g/mol. The standard InChI is InChI=1S/C15H16ClNO3S/c1-19-11-6-4-3-5-10(11)15(18)17-9-12(20-2)13-7-8-14(16)21-13/h3-8,12H,9H2,1-2H3,(H,17,18)/t12-/m1/s1. The van der Waals surface area contributed by atoms with Gasteiger partial charge in [0.05, 0.1) is 17.0 Å². The van der Waals surface area contributed by atoms with Crippen molar-refractivity contribution < 1.29 is 14.3 Å². The number of thiophene rings is 1. The largest absolute Gasteiger partial charge is 0.496 e. The molecular formula is C15H16ClNO3S. The molecule has 1 aromatic heterocycles. The third-order valence-corrected chi connectivity index (χ3v) is 4.32. The smallest absolute Gasteiger partial charge is 0.255 e. The summed E-state index contributed by atoms with van der Waals surface area (Å²) < 4.78 is 11.3. The molecule has 0 aliphatic carbocycles. The summed E-state index contributed by atoms with van der Waals surface area (Å²) in [5, 5.41) is 2.85. The van der Waals surface area contributed by atoms with Crippen molar-refractivity contribution in [3.63, 3.8) is 0 Å². The first-order valence-corrected chi connectivity index (χ1v) is 7.54. The van der Waals surface area contributed by atoms with E-state index in [0.717, 1.165) is 4.88 Å². The predicted molar refractivity (Wildman–Crippen MR) is 84.4 cm³/mol. The van der Waals surface area contributed by atoms with E-state index in [1.54, 1.807) is 25.3 Å². The van der Waals surface area contributed by atoms with E-state index < -0.39 is 0 Å². The van der Waals surface area contributed by atoms with Crippen molar-refractivity contribution >= 4 is 28.8 Å². The zero-order valence-corrected chi connectivity index (χ0v) is 13.3. The van der Waals surface area contributed by atoms with E-state index in [1.165, 1.54) is 18.4 Å². The Balaban J connectivity index is 2.02. The lowest BCUT2D eigenvalue weighted by Gasteiger charge is -2.15. The van der Waals surface area contributed by atoms with Crippen LogP contribution in [0.4, 0.5) is 0 Å². The van der Waals surface area contributed by atoms with Gasteiger partial charge in [-0.3, -0.25) is 4.79 Å². The number of para-hydroxylation sites is 1. The molecule has 2 aromatic rings. The highest BCUT2D eigenvalue weighted by Gasteiger charge is 2.16. The van der Waals surface area contributed by atoms with Gasteiger partial charge in [-0.05, 0) is 24.3 Å². The van der Waals surface area contributed by atoms with Crippen LogP contribution < -0.4 is 10.1 Å². The zero-order chi connectivity index (χ0) is 15.2. The predicted octanol–water partition coefficient (Wildman–Crippen LogP) is 3.53. The van der Waals surface area contributed by atoms with Crippen LogP contribution in [0.5, 0.6) is 5.75 Å². The van der Waals surface area contributed by atoms with Crippen LogP contribution in [-0.4, -0.2) is 26.7 Å². The van der Waals surface area contributed by atoms with E-state index in [0.29, 0.717) is 22.2 Å². The molecule has 0 aliphatic heterocycles. The summed E-state index contributed by atoms with van der Waals surface area (Å²) in [6.07, 6.45) is -0.221. The lowest BCUT2D eigenvalue weighted by molar-refractivity contribution is 0.0835. The van der Waals surface area contributed by atoms with Crippen LogP contribution in [0, 0.1) is 0 Å². The molecule has 0 radical (unpaired) electrons. The number of carbonyl (C=O) groups excluding carboxylic acids is 1. The number of benzene rings is 1. The fourth-order valence-corrected chi connectivity index (χ4v) is 3.05. The van der Waals surface area contributed by atoms with Gasteiger partial charge in [-0.1, -0.05) is 23.7 Å². The number of halogens is 1. The van der Waals surface area contributed by atoms with E-state index in [4.69, 9.17) is 21.1 Å². The first kappa shape index (κ1) is 15.8. The molecule has 0 bridgehead atoms. The highest BCUT2D eigenvalue weighted by atomic mass is 35.5. The Hall–Kier alpha value is -1.56. The molecule has 0 fully saturated rings. The molecule has 21 heavy (non-hydrogen) atoms. The van der Waals surface area contributed by atoms with E-state index >= 15 is 0 Å². The van der Waals surface area contributed by atoms with Crippen LogP contribution in [0.25, 0.3) is 0 Å². The Kier molecular flexibility index (Phi) is 5.61. The summed E-state index contributed by atoms with van der Waals surface area (Å²) in [6, 6.07) is 10.8. The molecule has 0 unspecified atom stereocenters. The van der Waals surface area contributed by atoms with Crippen molar-refractivity contribution in [1.29, 1.82) is 0 Å². The van der Waals surface area contributed by atoms with Crippen molar-refractivity contribution in [3.8, 4) is 5.75 Å². The van der Waals surface area contributed by atoms with E-state index in [-0.39, 0.29) is 12.0 Å². The molecule has 1 amide bonds. The Morgan fingerprint density at radius 1 is 1.29 bits per heavy atom. The quantitative estimate of drug-likeness (QED) is 0.884. The summed E-state index contributed by atoms with van der Waals surface area (Å²) >= 11 is 7.36. The first-order valence-electron chi connectivity index (χ1n) is 6.35. The number of nitrogens with one attached hydrogen (secondary N) is 1. The first-order chi connectivity index (χ1) is 10.2. The maximum Gasteiger partial charge on any atom is 0.255 e. The van der Waals surface area contributed by atoms with E-state index in [1.807, 2.05) is 18.2 Å². The average Bonchev–Trinajstić information content (AvgIpc) is 2.94. The molecule has 1 atom stereocenters. The minimum absolute atomic E-state index is 0.197. The van der Waals surface area contributed by atoms with Crippen molar-refractivity contribution in [1.82, 2.24) is 5.32 Å². The number of hydrogen-bond acceptors (Lipinski definition) is 4. The second-order valence-corrected chi connectivity index (χ2v) is 6.02. The van der Waals surface area contributed by atoms with Gasteiger partial charge >= 0.3 is 0 Å². The molecule has 6 heteroatoms. The van der Waals surface area contributed by atoms with Gasteiger partial charge in [0.15, 0.2) is 0 Å². The topological polar surface area (TPSA) is 47.6 Å². The van der Waals surface area contributed by atoms with Crippen molar-refractivity contribution in [2.75, 3.05) is 20.8 Å². The Bertz CT molecular complexity index is 614. The fourth-order valence-electron chi connectivity index (χ4n) is 1.91. The maximum absolute atomic E-state index is 12.2. The van der Waals surface area contributed by atoms with E-state index in [2.05, 4.69) is 5.32 Å². The van der Waals surface area contributed by atoms with Gasteiger partial charge in [-0.25, -0.2) is 0 Å². The van der Waals surface area contributed by atoms with Crippen LogP contribution in [-0.2, 0) is 4.74 Å². The summed E-state index contributed by atoms with van der Waals surface area (Å²) in [5.41, 5.74) is 0.499. The van der Waals surface area contributed by atoms with Crippen LogP contribution in [0.15, 0.2) is 36.4 Å². The normalized spacial score (nSPS) is 12.0. The van der Waals surface area contributed by atoms with Gasteiger partial charge < -0.3 is 14.8 Å². The lowest BCUT2D eigenvalue weighted by Crippen LogP contribution is -2.29. The molecule has 0 aliphatic rings. The number of ether oxygens (including phenoxy) is 2. The minimum Gasteiger partial charge on any atom is -0.496 e. The van der Waals surface area contributed by atoms with Crippen molar-refractivity contribution in [2.45, 2.75) is 6.10 Å². The maximum atomic E-state index is 12.2. The third-order valence-electron chi connectivity index (χ3n) is 3.00. The molecule has 0 spiro atoms. The number of rotatable bonds is 6. The van der Waals surface area contributed by atoms with Crippen LogP contribution in [0.3, 0.4) is 0 Å². The van der Waals surface area contributed by atoms with E-state index in [9.17, 15) is 4.79 Å². The van der Waals surface area contributed by atoms with Gasteiger partial charge in [0, 0.05) is 18.5 Å². The summed E-state index contributed by atoms with van der Waals surface area (Å²) in [5.74, 6) is 0.347. The second kappa shape index (κ2) is 7.45. The van der Waals surface area contributed by atoms with Gasteiger partial charge in [0.2, 0.25) is 0 Å². The second-order valence-electron chi connectivity index (χ2n) is 4.28. The monoisotopic (exact) mass is 325 g/mol. The number of hydrogen-bond donors (Lipinski definition) is 1. The van der Waals surface area contributed by atoms with Crippen molar-refractivity contribution in [3.05, 3.63) is 51.2 Å². The van der Waals surface area contributed by atoms with Crippen LogP contribution in [0.1, 0.15) is 21.3 Å². The summed E-state index contributed by atoms with van der Waals surface area (Å²) in [6.45, 7) is 0.365. The number of carbonyl (C=O) groups is 1. The highest BCUT2D eigenvalue weighted by molar-refractivity contribution is 7.16. The molecule has 0 saturated carbocycles. The van der Waals surface area contributed by atoms with Gasteiger partial charge in [0.25, 0.3) is 5.91 Å².